The molecule has 0 radical (unpaired) electrons. The lowest BCUT2D eigenvalue weighted by atomic mass is 10.0. The van der Waals surface area contributed by atoms with E-state index in [9.17, 15) is 9.59 Å². The maximum Gasteiger partial charge on any atom is 0.245 e. The lowest BCUT2D eigenvalue weighted by molar-refractivity contribution is -0.137. The normalized spacial score (nSPS) is 11.6. The molecule has 0 saturated carbocycles. The fourth-order valence-corrected chi connectivity index (χ4v) is 1.69. The number of likely N-dealkylation sites (N-methyl/N-ethyl adjacent to an activating group) is 1. The first kappa shape index (κ1) is 17.2. The Labute approximate surface area is 114 Å². The van der Waals surface area contributed by atoms with Crippen molar-refractivity contribution in [3.8, 4) is 0 Å². The highest BCUT2D eigenvalue weighted by molar-refractivity contribution is 5.87. The van der Waals surface area contributed by atoms with Gasteiger partial charge in [0.05, 0.1) is 0 Å². The fourth-order valence-electron chi connectivity index (χ4n) is 1.69. The third-order valence-electron chi connectivity index (χ3n) is 2.83. The number of hydrogen-bond donors (Lipinski definition) is 1. The molecule has 0 aromatic heterocycles. The summed E-state index contributed by atoms with van der Waals surface area (Å²) in [4.78, 5) is 28.2. The van der Waals surface area contributed by atoms with Gasteiger partial charge in [-0.15, -0.1) is 0 Å². The lowest BCUT2D eigenvalue weighted by Crippen LogP contribution is -2.51. The molecule has 1 atom stereocenters. The number of carbonyl (C=O) groups is 2. The number of nitrogens with zero attached hydrogens (tertiary/aromatic N) is 4. The van der Waals surface area contributed by atoms with Gasteiger partial charge in [0.1, 0.15) is 6.04 Å². The molecule has 0 rings (SSSR count). The number of rotatable bonds is 8. The summed E-state index contributed by atoms with van der Waals surface area (Å²) in [7, 11) is 0. The van der Waals surface area contributed by atoms with Crippen molar-refractivity contribution in [3.05, 3.63) is 10.4 Å². The Morgan fingerprint density at radius 1 is 1.32 bits per heavy atom. The number of carbonyl (C=O) groups excluding carboxylic acids is 2. The molecule has 1 N–H and O–H groups in total. The molecule has 0 bridgehead atoms. The van der Waals surface area contributed by atoms with E-state index in [2.05, 4.69) is 15.3 Å². The second-order valence-electron chi connectivity index (χ2n) is 4.50. The van der Waals surface area contributed by atoms with Crippen LogP contribution in [0, 0.1) is 5.92 Å². The molecule has 19 heavy (non-hydrogen) atoms. The summed E-state index contributed by atoms with van der Waals surface area (Å²) in [6, 6.07) is -0.529. The molecular weight excluding hydrogens is 246 g/mol. The Kier molecular flexibility index (Phi) is 8.37. The van der Waals surface area contributed by atoms with Crippen LogP contribution in [0.15, 0.2) is 5.11 Å². The maximum atomic E-state index is 12.2. The molecule has 2 amide bonds. The molecule has 0 heterocycles. The molecule has 0 saturated heterocycles. The van der Waals surface area contributed by atoms with Gasteiger partial charge in [0.2, 0.25) is 11.8 Å². The van der Waals surface area contributed by atoms with Crippen LogP contribution < -0.4 is 5.32 Å². The molecule has 0 fully saturated rings. The predicted octanol–water partition coefficient (Wildman–Crippen LogP) is 1.70. The van der Waals surface area contributed by atoms with E-state index in [0.29, 0.717) is 13.1 Å². The van der Waals surface area contributed by atoms with Gasteiger partial charge in [-0.2, -0.15) is 0 Å². The molecule has 0 aliphatic rings. The van der Waals surface area contributed by atoms with Crippen molar-refractivity contribution in [2.75, 3.05) is 19.6 Å². The molecule has 0 aliphatic carbocycles. The number of hydrogen-bond acceptors (Lipinski definition) is 3. The minimum Gasteiger partial charge on any atom is -0.344 e. The summed E-state index contributed by atoms with van der Waals surface area (Å²) in [5, 5.41) is 6.01. The molecule has 0 aromatic carbocycles. The van der Waals surface area contributed by atoms with Crippen molar-refractivity contribution in [1.82, 2.24) is 10.2 Å². The monoisotopic (exact) mass is 269 g/mol. The number of amides is 2. The second-order valence-corrected chi connectivity index (χ2v) is 4.50. The Hall–Kier alpha value is -1.75. The molecule has 7 heteroatoms. The summed E-state index contributed by atoms with van der Waals surface area (Å²) in [5.41, 5.74) is 8.14. The van der Waals surface area contributed by atoms with Crippen molar-refractivity contribution >= 4 is 11.8 Å². The molecular formula is C12H23N5O2. The van der Waals surface area contributed by atoms with Crippen LogP contribution in [0.3, 0.4) is 0 Å². The van der Waals surface area contributed by atoms with Gasteiger partial charge in [0, 0.05) is 31.0 Å². The smallest absolute Gasteiger partial charge is 0.245 e. The van der Waals surface area contributed by atoms with E-state index in [1.54, 1.807) is 4.90 Å². The quantitative estimate of drug-likeness (QED) is 0.412. The van der Waals surface area contributed by atoms with Crippen LogP contribution in [0.25, 0.3) is 10.4 Å². The molecule has 0 aromatic rings. The molecule has 7 nitrogen and oxygen atoms in total. The Bertz CT molecular complexity index is 346. The average molecular weight is 269 g/mol. The summed E-state index contributed by atoms with van der Waals surface area (Å²) >= 11 is 0. The van der Waals surface area contributed by atoms with Crippen LogP contribution in [0.4, 0.5) is 0 Å². The highest BCUT2D eigenvalue weighted by Crippen LogP contribution is 2.07. The van der Waals surface area contributed by atoms with Crippen LogP contribution in [-0.4, -0.2) is 42.4 Å². The van der Waals surface area contributed by atoms with Crippen LogP contribution >= 0.6 is 0 Å². The number of azide groups is 1. The predicted molar refractivity (Wildman–Crippen MR) is 73.3 cm³/mol. The first-order valence-electron chi connectivity index (χ1n) is 6.56. The fraction of sp³-hybridized carbons (Fsp3) is 0.833. The van der Waals surface area contributed by atoms with Crippen LogP contribution in [0.5, 0.6) is 0 Å². The molecule has 0 spiro atoms. The van der Waals surface area contributed by atoms with E-state index in [1.165, 1.54) is 0 Å². The topological polar surface area (TPSA) is 98.2 Å². The van der Waals surface area contributed by atoms with E-state index >= 15 is 0 Å². The SMILES string of the molecule is CCN(CC)C(=O)[C@@H](NC(=O)CCN=[N+]=[N-])C(C)C. The number of nitrogens with one attached hydrogen (secondary N) is 1. The van der Waals surface area contributed by atoms with Crippen LogP contribution in [0.2, 0.25) is 0 Å². The Morgan fingerprint density at radius 3 is 2.32 bits per heavy atom. The van der Waals surface area contributed by atoms with Gasteiger partial charge in [-0.1, -0.05) is 19.0 Å². The van der Waals surface area contributed by atoms with E-state index in [0.717, 1.165) is 0 Å². The zero-order chi connectivity index (χ0) is 14.8. The third-order valence-corrected chi connectivity index (χ3v) is 2.83. The standard InChI is InChI=1S/C12H23N5O2/c1-5-17(6-2)12(19)11(9(3)4)15-10(18)7-8-14-16-13/h9,11H,5-8H2,1-4H3,(H,15,18)/t11-/m0/s1. The summed E-state index contributed by atoms with van der Waals surface area (Å²) in [6.07, 6.45) is 0.0960. The van der Waals surface area contributed by atoms with E-state index in [4.69, 9.17) is 5.53 Å². The first-order valence-corrected chi connectivity index (χ1v) is 6.56. The minimum absolute atomic E-state index is 0.0107. The second kappa shape index (κ2) is 9.22. The van der Waals surface area contributed by atoms with Crippen LogP contribution in [0.1, 0.15) is 34.1 Å². The first-order chi connectivity index (χ1) is 8.97. The van der Waals surface area contributed by atoms with E-state index in [1.807, 2.05) is 27.7 Å². The maximum absolute atomic E-state index is 12.2. The zero-order valence-corrected chi connectivity index (χ0v) is 12.1. The van der Waals surface area contributed by atoms with Gasteiger partial charge in [0.25, 0.3) is 0 Å². The van der Waals surface area contributed by atoms with E-state index < -0.39 is 6.04 Å². The van der Waals surface area contributed by atoms with Gasteiger partial charge in [-0.25, -0.2) is 0 Å². The minimum atomic E-state index is -0.529. The average Bonchev–Trinajstić information content (AvgIpc) is 2.37. The van der Waals surface area contributed by atoms with Gasteiger partial charge in [-0.3, -0.25) is 9.59 Å². The summed E-state index contributed by atoms with van der Waals surface area (Å²) in [5.74, 6) is -0.333. The molecule has 0 unspecified atom stereocenters. The van der Waals surface area contributed by atoms with Crippen molar-refractivity contribution in [2.45, 2.75) is 40.2 Å². The highest BCUT2D eigenvalue weighted by atomic mass is 16.2. The largest absolute Gasteiger partial charge is 0.344 e. The zero-order valence-electron chi connectivity index (χ0n) is 12.1. The van der Waals surface area contributed by atoms with Gasteiger partial charge in [0.15, 0.2) is 0 Å². The molecule has 108 valence electrons. The lowest BCUT2D eigenvalue weighted by Gasteiger charge is -2.28. The Morgan fingerprint density at radius 2 is 1.89 bits per heavy atom. The Balaban J connectivity index is 4.60. The van der Waals surface area contributed by atoms with Gasteiger partial charge >= 0.3 is 0 Å². The van der Waals surface area contributed by atoms with Crippen molar-refractivity contribution < 1.29 is 9.59 Å². The van der Waals surface area contributed by atoms with Crippen molar-refractivity contribution in [2.24, 2.45) is 11.0 Å². The van der Waals surface area contributed by atoms with Crippen LogP contribution in [-0.2, 0) is 9.59 Å². The molecule has 0 aliphatic heterocycles. The van der Waals surface area contributed by atoms with Gasteiger partial charge in [-0.05, 0) is 25.3 Å². The highest BCUT2D eigenvalue weighted by Gasteiger charge is 2.26. The summed E-state index contributed by atoms with van der Waals surface area (Å²) < 4.78 is 0. The third kappa shape index (κ3) is 6.10. The van der Waals surface area contributed by atoms with Crippen molar-refractivity contribution in [1.29, 1.82) is 0 Å². The summed E-state index contributed by atoms with van der Waals surface area (Å²) in [6.45, 7) is 8.93. The van der Waals surface area contributed by atoms with Crippen molar-refractivity contribution in [3.63, 3.8) is 0 Å². The van der Waals surface area contributed by atoms with Gasteiger partial charge < -0.3 is 10.2 Å². The van der Waals surface area contributed by atoms with E-state index in [-0.39, 0.29) is 30.7 Å².